The summed E-state index contributed by atoms with van der Waals surface area (Å²) in [6.07, 6.45) is 1.82. The van der Waals surface area contributed by atoms with Crippen LogP contribution in [-0.2, 0) is 6.61 Å². The second-order valence-corrected chi connectivity index (χ2v) is 4.63. The van der Waals surface area contributed by atoms with E-state index in [2.05, 4.69) is 4.98 Å². The molecule has 0 bridgehead atoms. The number of hydrogen-bond acceptors (Lipinski definition) is 1. The number of ether oxygens (including phenoxy) is 1. The van der Waals surface area contributed by atoms with E-state index in [-0.39, 0.29) is 5.82 Å². The first-order chi connectivity index (χ1) is 9.24. The van der Waals surface area contributed by atoms with Crippen molar-refractivity contribution in [3.05, 3.63) is 65.1 Å². The van der Waals surface area contributed by atoms with Crippen molar-refractivity contribution in [3.63, 3.8) is 0 Å². The Labute approximate surface area is 114 Å². The van der Waals surface area contributed by atoms with E-state index in [1.54, 1.807) is 12.1 Å². The summed E-state index contributed by atoms with van der Waals surface area (Å²) in [7, 11) is 0. The van der Waals surface area contributed by atoms with E-state index in [1.807, 2.05) is 24.4 Å². The largest absolute Gasteiger partial charge is 0.487 e. The summed E-state index contributed by atoms with van der Waals surface area (Å²) >= 11 is 6.02. The van der Waals surface area contributed by atoms with Gasteiger partial charge in [-0.05, 0) is 30.3 Å². The second-order valence-electron chi connectivity index (χ2n) is 4.22. The zero-order valence-electron chi connectivity index (χ0n) is 9.99. The number of nitrogens with one attached hydrogen (secondary N) is 1. The molecule has 0 saturated heterocycles. The Morgan fingerprint density at radius 2 is 2.00 bits per heavy atom. The van der Waals surface area contributed by atoms with Crippen molar-refractivity contribution >= 4 is 22.5 Å². The molecule has 0 spiro atoms. The Morgan fingerprint density at radius 3 is 2.84 bits per heavy atom. The molecule has 0 radical (unpaired) electrons. The van der Waals surface area contributed by atoms with E-state index in [9.17, 15) is 4.39 Å². The lowest BCUT2D eigenvalue weighted by Crippen LogP contribution is -1.94. The molecule has 0 aliphatic carbocycles. The van der Waals surface area contributed by atoms with E-state index in [0.717, 1.165) is 16.5 Å². The molecule has 2 nitrogen and oxygen atoms in total. The van der Waals surface area contributed by atoms with Gasteiger partial charge in [-0.15, -0.1) is 0 Å². The maximum absolute atomic E-state index is 13.1. The van der Waals surface area contributed by atoms with Gasteiger partial charge in [-0.2, -0.15) is 0 Å². The van der Waals surface area contributed by atoms with E-state index >= 15 is 0 Å². The van der Waals surface area contributed by atoms with Crippen LogP contribution < -0.4 is 4.74 Å². The fourth-order valence-corrected chi connectivity index (χ4v) is 2.19. The van der Waals surface area contributed by atoms with Crippen LogP contribution in [0.4, 0.5) is 4.39 Å². The van der Waals surface area contributed by atoms with Gasteiger partial charge in [0.1, 0.15) is 18.2 Å². The first-order valence-electron chi connectivity index (χ1n) is 5.87. The smallest absolute Gasteiger partial charge is 0.138 e. The topological polar surface area (TPSA) is 25.0 Å². The average molecular weight is 276 g/mol. The summed E-state index contributed by atoms with van der Waals surface area (Å²) in [5.41, 5.74) is 1.73. The van der Waals surface area contributed by atoms with Gasteiger partial charge in [0.15, 0.2) is 0 Å². The molecule has 0 unspecified atom stereocenters. The van der Waals surface area contributed by atoms with Crippen LogP contribution in [0.25, 0.3) is 10.9 Å². The first-order valence-corrected chi connectivity index (χ1v) is 6.25. The van der Waals surface area contributed by atoms with Crippen LogP contribution in [-0.4, -0.2) is 4.98 Å². The van der Waals surface area contributed by atoms with E-state index in [4.69, 9.17) is 16.3 Å². The van der Waals surface area contributed by atoms with E-state index in [1.165, 1.54) is 12.1 Å². The molecule has 0 aliphatic heterocycles. The maximum Gasteiger partial charge on any atom is 0.138 e. The lowest BCUT2D eigenvalue weighted by molar-refractivity contribution is 0.308. The molecule has 0 aliphatic rings. The number of benzene rings is 2. The van der Waals surface area contributed by atoms with Crippen molar-refractivity contribution in [3.8, 4) is 5.75 Å². The quantitative estimate of drug-likeness (QED) is 0.746. The molecule has 4 heteroatoms. The zero-order valence-corrected chi connectivity index (χ0v) is 10.7. The van der Waals surface area contributed by atoms with Gasteiger partial charge in [-0.25, -0.2) is 4.39 Å². The minimum absolute atomic E-state index is 0.257. The van der Waals surface area contributed by atoms with E-state index in [0.29, 0.717) is 17.4 Å². The molecule has 2 aromatic carbocycles. The third-order valence-corrected chi connectivity index (χ3v) is 3.26. The van der Waals surface area contributed by atoms with Crippen molar-refractivity contribution in [1.82, 2.24) is 4.98 Å². The Balaban J connectivity index is 1.84. The summed E-state index contributed by atoms with van der Waals surface area (Å²) in [6, 6.07) is 12.0. The van der Waals surface area contributed by atoms with Crippen LogP contribution in [0, 0.1) is 5.82 Å². The molecular formula is C15H11ClFNO. The van der Waals surface area contributed by atoms with Gasteiger partial charge in [0.25, 0.3) is 0 Å². The number of H-pyrrole nitrogens is 1. The van der Waals surface area contributed by atoms with Crippen LogP contribution in [0.2, 0.25) is 5.02 Å². The third kappa shape index (κ3) is 2.42. The van der Waals surface area contributed by atoms with Gasteiger partial charge in [0.05, 0.1) is 5.02 Å². The van der Waals surface area contributed by atoms with Crippen molar-refractivity contribution in [2.75, 3.05) is 0 Å². The van der Waals surface area contributed by atoms with Crippen LogP contribution in [0.3, 0.4) is 0 Å². The number of fused-ring (bicyclic) bond motifs is 1. The predicted molar refractivity (Wildman–Crippen MR) is 74.0 cm³/mol. The standard InChI is InChI=1S/C15H11ClFNO/c16-13-3-1-2-4-15(13)19-9-10-8-18-14-7-11(17)5-6-12(10)14/h1-8,18H,9H2. The van der Waals surface area contributed by atoms with Crippen molar-refractivity contribution < 1.29 is 9.13 Å². The second kappa shape index (κ2) is 4.94. The number of para-hydroxylation sites is 1. The normalized spacial score (nSPS) is 10.8. The molecule has 1 aromatic heterocycles. The highest BCUT2D eigenvalue weighted by molar-refractivity contribution is 6.32. The molecule has 19 heavy (non-hydrogen) atoms. The molecule has 3 rings (SSSR count). The number of aromatic amines is 1. The maximum atomic E-state index is 13.1. The minimum atomic E-state index is -0.257. The van der Waals surface area contributed by atoms with Gasteiger partial charge in [0.2, 0.25) is 0 Å². The minimum Gasteiger partial charge on any atom is -0.487 e. The lowest BCUT2D eigenvalue weighted by atomic mass is 10.2. The molecule has 0 atom stereocenters. The summed E-state index contributed by atoms with van der Waals surface area (Å²) < 4.78 is 18.8. The average Bonchev–Trinajstić information content (AvgIpc) is 2.80. The summed E-state index contributed by atoms with van der Waals surface area (Å²) in [4.78, 5) is 3.03. The highest BCUT2D eigenvalue weighted by Crippen LogP contribution is 2.26. The van der Waals surface area contributed by atoms with Crippen LogP contribution in [0.5, 0.6) is 5.75 Å². The fraction of sp³-hybridized carbons (Fsp3) is 0.0667. The van der Waals surface area contributed by atoms with Gasteiger partial charge in [-0.1, -0.05) is 23.7 Å². The van der Waals surface area contributed by atoms with Crippen molar-refractivity contribution in [2.45, 2.75) is 6.61 Å². The molecule has 1 heterocycles. The van der Waals surface area contributed by atoms with Crippen molar-refractivity contribution in [1.29, 1.82) is 0 Å². The Hall–Kier alpha value is -2.00. The predicted octanol–water partition coefficient (Wildman–Crippen LogP) is 4.54. The Morgan fingerprint density at radius 1 is 1.16 bits per heavy atom. The number of rotatable bonds is 3. The number of aromatic nitrogens is 1. The van der Waals surface area contributed by atoms with Gasteiger partial charge < -0.3 is 9.72 Å². The lowest BCUT2D eigenvalue weighted by Gasteiger charge is -2.06. The number of halogens is 2. The van der Waals surface area contributed by atoms with Gasteiger partial charge >= 0.3 is 0 Å². The highest BCUT2D eigenvalue weighted by atomic mass is 35.5. The first kappa shape index (κ1) is 12.1. The molecule has 96 valence electrons. The Kier molecular flexibility index (Phi) is 3.13. The zero-order chi connectivity index (χ0) is 13.2. The molecule has 0 amide bonds. The van der Waals surface area contributed by atoms with Crippen LogP contribution in [0.1, 0.15) is 5.56 Å². The molecule has 0 fully saturated rings. The highest BCUT2D eigenvalue weighted by Gasteiger charge is 2.06. The molecule has 3 aromatic rings. The molecule has 1 N–H and O–H groups in total. The van der Waals surface area contributed by atoms with Gasteiger partial charge in [0, 0.05) is 22.7 Å². The summed E-state index contributed by atoms with van der Waals surface area (Å²) in [5.74, 6) is 0.383. The Bertz CT molecular complexity index is 723. The summed E-state index contributed by atoms with van der Waals surface area (Å²) in [5, 5.41) is 1.53. The third-order valence-electron chi connectivity index (χ3n) is 2.95. The van der Waals surface area contributed by atoms with Crippen LogP contribution >= 0.6 is 11.6 Å². The molecule has 0 saturated carbocycles. The number of hydrogen-bond donors (Lipinski definition) is 1. The van der Waals surface area contributed by atoms with Crippen LogP contribution in [0.15, 0.2) is 48.7 Å². The van der Waals surface area contributed by atoms with E-state index < -0.39 is 0 Å². The summed E-state index contributed by atoms with van der Waals surface area (Å²) in [6.45, 7) is 0.384. The molecular weight excluding hydrogens is 265 g/mol. The van der Waals surface area contributed by atoms with Gasteiger partial charge in [-0.3, -0.25) is 0 Å². The SMILES string of the molecule is Fc1ccc2c(COc3ccccc3Cl)c[nH]c2c1. The monoisotopic (exact) mass is 275 g/mol. The fourth-order valence-electron chi connectivity index (χ4n) is 2.00. The van der Waals surface area contributed by atoms with Crippen molar-refractivity contribution in [2.24, 2.45) is 0 Å².